The number of ether oxygens (including phenoxy) is 3. The lowest BCUT2D eigenvalue weighted by Crippen LogP contribution is -2.33. The predicted molar refractivity (Wildman–Crippen MR) is 140 cm³/mol. The van der Waals surface area contributed by atoms with Gasteiger partial charge in [-0.2, -0.15) is 5.10 Å². The number of anilines is 1. The largest absolute Gasteiger partial charge is 0.494 e. The van der Waals surface area contributed by atoms with Crippen LogP contribution in [0.25, 0.3) is 17.2 Å². The van der Waals surface area contributed by atoms with Crippen molar-refractivity contribution in [3.8, 4) is 28.7 Å². The van der Waals surface area contributed by atoms with E-state index in [2.05, 4.69) is 30.0 Å². The highest BCUT2D eigenvalue weighted by molar-refractivity contribution is 7.93. The number of nitrogens with one attached hydrogen (secondary N) is 1. The molecule has 0 saturated heterocycles. The van der Waals surface area contributed by atoms with E-state index >= 15 is 0 Å². The Balaban J connectivity index is 1.83. The van der Waals surface area contributed by atoms with E-state index in [-0.39, 0.29) is 17.6 Å². The van der Waals surface area contributed by atoms with Crippen LogP contribution in [0.5, 0.6) is 11.5 Å². The Hall–Kier alpha value is -4.04. The lowest BCUT2D eigenvalue weighted by Gasteiger charge is -2.22. The van der Waals surface area contributed by atoms with Crippen molar-refractivity contribution < 1.29 is 22.6 Å². The zero-order chi connectivity index (χ0) is 27.4. The summed E-state index contributed by atoms with van der Waals surface area (Å²) in [5, 5.41) is 11.9. The second-order valence-corrected chi connectivity index (χ2v) is 10.4. The molecule has 0 aliphatic heterocycles. The van der Waals surface area contributed by atoms with E-state index in [0.717, 1.165) is 5.56 Å². The van der Waals surface area contributed by atoms with Gasteiger partial charge in [-0.25, -0.2) is 18.4 Å². The van der Waals surface area contributed by atoms with Crippen LogP contribution in [0.2, 0.25) is 0 Å². The second kappa shape index (κ2) is 11.1. The molecular weight excluding hydrogens is 512 g/mol. The molecule has 202 valence electrons. The van der Waals surface area contributed by atoms with Gasteiger partial charge < -0.3 is 14.2 Å². The molecule has 0 amide bonds. The highest BCUT2D eigenvalue weighted by Crippen LogP contribution is 2.37. The number of hydrogen-bond acceptors (Lipinski definition) is 10. The van der Waals surface area contributed by atoms with E-state index < -0.39 is 21.4 Å². The normalized spacial score (nSPS) is 13.2. The summed E-state index contributed by atoms with van der Waals surface area (Å²) in [6.07, 6.45) is 4.07. The van der Waals surface area contributed by atoms with Gasteiger partial charge in [-0.3, -0.25) is 14.0 Å². The molecule has 0 saturated carbocycles. The second-order valence-electron chi connectivity index (χ2n) is 8.38. The Kier molecular flexibility index (Phi) is 7.92. The summed E-state index contributed by atoms with van der Waals surface area (Å²) in [4.78, 5) is 8.50. The van der Waals surface area contributed by atoms with Gasteiger partial charge >= 0.3 is 0 Å². The standard InChI is InChI=1S/C24H30N8O5S/c1-7-31-12-11-17(29-31)23-27-28-24(32(23)20-18(35-4)9-8-10-19(20)36-5)30-38(33,34)16(3)21(37-6)22-25-13-15(2)14-26-22/h8-14,16,21H,7H2,1-6H3,(H,28,30). The molecule has 3 aromatic heterocycles. The molecule has 3 heterocycles. The summed E-state index contributed by atoms with van der Waals surface area (Å²) in [6.45, 7) is 5.94. The summed E-state index contributed by atoms with van der Waals surface area (Å²) >= 11 is 0. The number of sulfonamides is 1. The average Bonchev–Trinajstić information content (AvgIpc) is 3.56. The Morgan fingerprint density at radius 3 is 2.24 bits per heavy atom. The van der Waals surface area contributed by atoms with Crippen LogP contribution in [-0.4, -0.2) is 69.5 Å². The fourth-order valence-corrected chi connectivity index (χ4v) is 5.01. The molecule has 1 aromatic carbocycles. The van der Waals surface area contributed by atoms with Crippen LogP contribution in [0.4, 0.5) is 5.95 Å². The molecule has 4 aromatic rings. The maximum atomic E-state index is 13.6. The van der Waals surface area contributed by atoms with Crippen molar-refractivity contribution in [2.45, 2.75) is 38.7 Å². The van der Waals surface area contributed by atoms with E-state index in [1.807, 2.05) is 13.8 Å². The minimum absolute atomic E-state index is 0.0830. The smallest absolute Gasteiger partial charge is 0.243 e. The SMILES string of the molecule is CCn1ccc(-c2nnc(NS(=O)(=O)C(C)C(OC)c3ncc(C)cn3)n2-c2c(OC)cccc2OC)n1. The number of rotatable bonds is 11. The van der Waals surface area contributed by atoms with Gasteiger partial charge in [0.1, 0.15) is 34.2 Å². The predicted octanol–water partition coefficient (Wildman–Crippen LogP) is 2.78. The molecular formula is C24H30N8O5S. The van der Waals surface area contributed by atoms with Crippen LogP contribution in [0.3, 0.4) is 0 Å². The number of nitrogens with zero attached hydrogens (tertiary/aromatic N) is 7. The van der Waals surface area contributed by atoms with E-state index in [1.54, 1.807) is 47.5 Å². The van der Waals surface area contributed by atoms with Crippen LogP contribution < -0.4 is 14.2 Å². The van der Waals surface area contributed by atoms with Crippen molar-refractivity contribution in [3.05, 3.63) is 54.2 Å². The first kappa shape index (κ1) is 27.0. The maximum absolute atomic E-state index is 13.6. The number of para-hydroxylation sites is 1. The average molecular weight is 543 g/mol. The summed E-state index contributed by atoms with van der Waals surface area (Å²) in [5.74, 6) is 1.28. The Morgan fingerprint density at radius 2 is 1.68 bits per heavy atom. The molecule has 0 radical (unpaired) electrons. The molecule has 4 rings (SSSR count). The fourth-order valence-electron chi connectivity index (χ4n) is 3.88. The first-order valence-corrected chi connectivity index (χ1v) is 13.3. The molecule has 2 unspecified atom stereocenters. The number of aromatic nitrogens is 7. The van der Waals surface area contributed by atoms with Crippen LogP contribution in [-0.2, 0) is 21.3 Å². The van der Waals surface area contributed by atoms with Crippen molar-refractivity contribution in [2.24, 2.45) is 0 Å². The van der Waals surface area contributed by atoms with Crippen LogP contribution in [0, 0.1) is 6.92 Å². The zero-order valence-electron chi connectivity index (χ0n) is 22.0. The van der Waals surface area contributed by atoms with Gasteiger partial charge in [0.05, 0.1) is 14.2 Å². The molecule has 13 nitrogen and oxygen atoms in total. The summed E-state index contributed by atoms with van der Waals surface area (Å²) < 4.78 is 49.7. The molecule has 1 N–H and O–H groups in total. The van der Waals surface area contributed by atoms with E-state index in [0.29, 0.717) is 29.4 Å². The first-order valence-electron chi connectivity index (χ1n) is 11.8. The van der Waals surface area contributed by atoms with Crippen molar-refractivity contribution >= 4 is 16.0 Å². The van der Waals surface area contributed by atoms with Crippen molar-refractivity contribution in [3.63, 3.8) is 0 Å². The minimum Gasteiger partial charge on any atom is -0.494 e. The lowest BCUT2D eigenvalue weighted by molar-refractivity contribution is 0.0949. The molecule has 0 aliphatic rings. The highest BCUT2D eigenvalue weighted by Gasteiger charge is 2.35. The maximum Gasteiger partial charge on any atom is 0.243 e. The van der Waals surface area contributed by atoms with Crippen molar-refractivity contribution in [2.75, 3.05) is 26.1 Å². The van der Waals surface area contributed by atoms with Crippen molar-refractivity contribution in [1.29, 1.82) is 0 Å². The molecule has 14 heteroatoms. The van der Waals surface area contributed by atoms with E-state index in [1.165, 1.54) is 32.8 Å². The van der Waals surface area contributed by atoms with Gasteiger partial charge in [0.15, 0.2) is 11.6 Å². The van der Waals surface area contributed by atoms with E-state index in [4.69, 9.17) is 14.2 Å². The van der Waals surface area contributed by atoms with E-state index in [9.17, 15) is 8.42 Å². The minimum atomic E-state index is -4.11. The summed E-state index contributed by atoms with van der Waals surface area (Å²) in [7, 11) is 0.310. The Bertz CT molecular complexity index is 1480. The molecule has 0 spiro atoms. The third-order valence-electron chi connectivity index (χ3n) is 5.94. The first-order chi connectivity index (χ1) is 18.2. The van der Waals surface area contributed by atoms with Gasteiger partial charge in [0.25, 0.3) is 0 Å². The van der Waals surface area contributed by atoms with Gasteiger partial charge in [0.2, 0.25) is 16.0 Å². The monoisotopic (exact) mass is 542 g/mol. The molecule has 0 fully saturated rings. The summed E-state index contributed by atoms with van der Waals surface area (Å²) in [6, 6.07) is 6.97. The lowest BCUT2D eigenvalue weighted by atomic mass is 10.2. The highest BCUT2D eigenvalue weighted by atomic mass is 32.2. The third-order valence-corrected chi connectivity index (χ3v) is 7.63. The van der Waals surface area contributed by atoms with Crippen molar-refractivity contribution in [1.82, 2.24) is 34.5 Å². The van der Waals surface area contributed by atoms with Crippen LogP contribution in [0.1, 0.15) is 31.3 Å². The van der Waals surface area contributed by atoms with Crippen LogP contribution >= 0.6 is 0 Å². The number of methoxy groups -OCH3 is 3. The number of aryl methyl sites for hydroxylation is 2. The fraction of sp³-hybridized carbons (Fsp3) is 0.375. The van der Waals surface area contributed by atoms with Crippen LogP contribution in [0.15, 0.2) is 42.9 Å². The topological polar surface area (TPSA) is 148 Å². The van der Waals surface area contributed by atoms with Gasteiger partial charge in [-0.1, -0.05) is 6.07 Å². The Labute approximate surface area is 220 Å². The Morgan fingerprint density at radius 1 is 1.03 bits per heavy atom. The zero-order valence-corrected chi connectivity index (χ0v) is 22.8. The summed E-state index contributed by atoms with van der Waals surface area (Å²) in [5.41, 5.74) is 1.72. The molecule has 38 heavy (non-hydrogen) atoms. The number of hydrogen-bond donors (Lipinski definition) is 1. The van der Waals surface area contributed by atoms with Gasteiger partial charge in [0, 0.05) is 32.2 Å². The number of benzene rings is 1. The molecule has 2 atom stereocenters. The third kappa shape index (κ3) is 5.17. The molecule has 0 bridgehead atoms. The quantitative estimate of drug-likeness (QED) is 0.300. The van der Waals surface area contributed by atoms with Gasteiger partial charge in [-0.05, 0) is 44.5 Å². The molecule has 0 aliphatic carbocycles. The van der Waals surface area contributed by atoms with Gasteiger partial charge in [-0.15, -0.1) is 10.2 Å².